The molecule has 2 nitrogen and oxygen atoms in total. The number of carbonyl (C=O) groups is 1. The van der Waals surface area contributed by atoms with Crippen LogP contribution in [0, 0.1) is 0 Å². The zero-order chi connectivity index (χ0) is 12.8. The van der Waals surface area contributed by atoms with Gasteiger partial charge in [-0.25, -0.2) is 0 Å². The van der Waals surface area contributed by atoms with Crippen LogP contribution in [0.2, 0.25) is 0 Å². The molecule has 2 aliphatic rings. The second-order valence-electron chi connectivity index (χ2n) is 5.69. The summed E-state index contributed by atoms with van der Waals surface area (Å²) in [6.07, 6.45) is 11.0. The molecule has 2 fully saturated rings. The quantitative estimate of drug-likeness (QED) is 0.624. The summed E-state index contributed by atoms with van der Waals surface area (Å²) in [7, 11) is 0. The van der Waals surface area contributed by atoms with Crippen LogP contribution in [0.5, 0.6) is 0 Å². The first-order valence-corrected chi connectivity index (χ1v) is 8.87. The lowest BCUT2D eigenvalue weighted by Crippen LogP contribution is -2.52. The van der Waals surface area contributed by atoms with E-state index in [0.717, 1.165) is 12.2 Å². The molecule has 104 valence electrons. The van der Waals surface area contributed by atoms with Crippen molar-refractivity contribution in [2.75, 3.05) is 11.5 Å². The normalized spacial score (nSPS) is 20.3. The van der Waals surface area contributed by atoms with E-state index < -0.39 is 0 Å². The molecule has 2 aliphatic carbocycles. The minimum absolute atomic E-state index is 0.438. The lowest BCUT2D eigenvalue weighted by molar-refractivity contribution is -0.140. The van der Waals surface area contributed by atoms with E-state index >= 15 is 0 Å². The molecule has 0 unspecified atom stereocenters. The van der Waals surface area contributed by atoms with E-state index in [1.54, 1.807) is 0 Å². The Labute approximate surface area is 116 Å². The Morgan fingerprint density at radius 3 is 2.17 bits per heavy atom. The molecule has 3 heteroatoms. The minimum Gasteiger partial charge on any atom is -0.337 e. The van der Waals surface area contributed by atoms with E-state index in [1.165, 1.54) is 57.1 Å². The average molecular weight is 269 g/mol. The highest BCUT2D eigenvalue weighted by molar-refractivity contribution is 7.99. The highest BCUT2D eigenvalue weighted by Crippen LogP contribution is 2.34. The molecule has 0 bridgehead atoms. The van der Waals surface area contributed by atoms with Crippen molar-refractivity contribution in [2.24, 2.45) is 0 Å². The molecule has 0 aromatic heterocycles. The molecule has 1 amide bonds. The monoisotopic (exact) mass is 269 g/mol. The van der Waals surface area contributed by atoms with Crippen LogP contribution in [0.1, 0.15) is 64.7 Å². The van der Waals surface area contributed by atoms with Gasteiger partial charge in [0.05, 0.1) is 0 Å². The lowest BCUT2D eigenvalue weighted by atomic mass is 9.84. The molecule has 0 atom stereocenters. The fourth-order valence-corrected chi connectivity index (χ4v) is 3.69. The van der Waals surface area contributed by atoms with Gasteiger partial charge < -0.3 is 4.90 Å². The summed E-state index contributed by atoms with van der Waals surface area (Å²) in [6, 6.07) is 1.20. The third kappa shape index (κ3) is 3.66. The second-order valence-corrected chi connectivity index (χ2v) is 6.91. The molecule has 0 saturated heterocycles. The van der Waals surface area contributed by atoms with Crippen molar-refractivity contribution in [3.8, 4) is 0 Å². The summed E-state index contributed by atoms with van der Waals surface area (Å²) < 4.78 is 0. The standard InChI is InChI=1S/C15H27NOS/c1-2-3-11-18-12-10-15(17)16(13-6-4-7-13)14-8-5-9-14/h13-14H,2-12H2,1H3. The predicted molar refractivity (Wildman–Crippen MR) is 79.0 cm³/mol. The molecule has 0 aromatic carbocycles. The van der Waals surface area contributed by atoms with Crippen molar-refractivity contribution in [2.45, 2.75) is 76.8 Å². The van der Waals surface area contributed by atoms with E-state index in [9.17, 15) is 4.79 Å². The Balaban J connectivity index is 1.69. The first kappa shape index (κ1) is 14.2. The van der Waals surface area contributed by atoms with E-state index in [1.807, 2.05) is 11.8 Å². The Bertz CT molecular complexity index is 247. The summed E-state index contributed by atoms with van der Waals surface area (Å²) in [5.41, 5.74) is 0. The molecule has 0 N–H and O–H groups in total. The van der Waals surface area contributed by atoms with E-state index in [4.69, 9.17) is 0 Å². The number of hydrogen-bond donors (Lipinski definition) is 0. The molecule has 2 saturated carbocycles. The molecule has 2 rings (SSSR count). The molecule has 0 spiro atoms. The summed E-state index contributed by atoms with van der Waals surface area (Å²) >= 11 is 1.95. The van der Waals surface area contributed by atoms with Gasteiger partial charge in [0.15, 0.2) is 0 Å². The molecule has 0 aliphatic heterocycles. The molecular formula is C15H27NOS. The summed E-state index contributed by atoms with van der Waals surface area (Å²) in [4.78, 5) is 14.6. The van der Waals surface area contributed by atoms with E-state index in [0.29, 0.717) is 18.0 Å². The predicted octanol–water partition coefficient (Wildman–Crippen LogP) is 3.84. The molecule has 18 heavy (non-hydrogen) atoms. The maximum Gasteiger partial charge on any atom is 0.223 e. The highest BCUT2D eigenvalue weighted by Gasteiger charge is 2.36. The maximum absolute atomic E-state index is 12.4. The van der Waals surface area contributed by atoms with Crippen molar-refractivity contribution in [3.05, 3.63) is 0 Å². The summed E-state index contributed by atoms with van der Waals surface area (Å²) in [6.45, 7) is 2.22. The van der Waals surface area contributed by atoms with Crippen LogP contribution in [-0.4, -0.2) is 34.4 Å². The smallest absolute Gasteiger partial charge is 0.223 e. The fourth-order valence-electron chi connectivity index (χ4n) is 2.67. The Morgan fingerprint density at radius 2 is 1.72 bits per heavy atom. The second kappa shape index (κ2) is 7.42. The van der Waals surface area contributed by atoms with Crippen molar-refractivity contribution >= 4 is 17.7 Å². The number of thioether (sulfide) groups is 1. The Hall–Kier alpha value is -0.180. The maximum atomic E-state index is 12.4. The van der Waals surface area contributed by atoms with Crippen molar-refractivity contribution in [3.63, 3.8) is 0 Å². The van der Waals surface area contributed by atoms with Crippen molar-refractivity contribution in [1.29, 1.82) is 0 Å². The zero-order valence-corrected chi connectivity index (χ0v) is 12.5. The fraction of sp³-hybridized carbons (Fsp3) is 0.933. The summed E-state index contributed by atoms with van der Waals surface area (Å²) in [5.74, 6) is 2.68. The van der Waals surface area contributed by atoms with Crippen LogP contribution < -0.4 is 0 Å². The number of amides is 1. The minimum atomic E-state index is 0.438. The lowest BCUT2D eigenvalue weighted by Gasteiger charge is -2.46. The van der Waals surface area contributed by atoms with Gasteiger partial charge in [-0.3, -0.25) is 4.79 Å². The molecule has 0 aromatic rings. The number of carbonyl (C=O) groups excluding carboxylic acids is 1. The van der Waals surface area contributed by atoms with Crippen LogP contribution in [0.25, 0.3) is 0 Å². The van der Waals surface area contributed by atoms with Crippen LogP contribution in [0.15, 0.2) is 0 Å². The Kier molecular flexibility index (Phi) is 5.87. The van der Waals surface area contributed by atoms with E-state index in [-0.39, 0.29) is 0 Å². The Morgan fingerprint density at radius 1 is 1.11 bits per heavy atom. The van der Waals surface area contributed by atoms with Gasteiger partial charge in [0.2, 0.25) is 5.91 Å². The first-order chi connectivity index (χ1) is 8.83. The van der Waals surface area contributed by atoms with Crippen LogP contribution in [0.4, 0.5) is 0 Å². The van der Waals surface area contributed by atoms with Gasteiger partial charge in [-0.2, -0.15) is 11.8 Å². The third-order valence-electron chi connectivity index (χ3n) is 4.33. The van der Waals surface area contributed by atoms with Gasteiger partial charge >= 0.3 is 0 Å². The van der Waals surface area contributed by atoms with Crippen molar-refractivity contribution in [1.82, 2.24) is 4.90 Å². The third-order valence-corrected chi connectivity index (χ3v) is 5.40. The highest BCUT2D eigenvalue weighted by atomic mass is 32.2. The van der Waals surface area contributed by atoms with Crippen LogP contribution in [-0.2, 0) is 4.79 Å². The van der Waals surface area contributed by atoms with Gasteiger partial charge in [0.25, 0.3) is 0 Å². The summed E-state index contributed by atoms with van der Waals surface area (Å²) in [5, 5.41) is 0. The molecule has 0 radical (unpaired) electrons. The van der Waals surface area contributed by atoms with Gasteiger partial charge in [-0.05, 0) is 50.7 Å². The number of unbranched alkanes of at least 4 members (excludes halogenated alkanes) is 1. The topological polar surface area (TPSA) is 20.3 Å². The number of nitrogens with zero attached hydrogens (tertiary/aromatic N) is 1. The SMILES string of the molecule is CCCCSCCC(=O)N(C1CCC1)C1CCC1. The van der Waals surface area contributed by atoms with Crippen LogP contribution in [0.3, 0.4) is 0 Å². The zero-order valence-electron chi connectivity index (χ0n) is 11.7. The average Bonchev–Trinajstić information content (AvgIpc) is 2.23. The van der Waals surface area contributed by atoms with Gasteiger partial charge in [0, 0.05) is 24.3 Å². The van der Waals surface area contributed by atoms with Gasteiger partial charge in [-0.1, -0.05) is 13.3 Å². The number of hydrogen-bond acceptors (Lipinski definition) is 2. The largest absolute Gasteiger partial charge is 0.337 e. The van der Waals surface area contributed by atoms with Gasteiger partial charge in [-0.15, -0.1) is 0 Å². The van der Waals surface area contributed by atoms with E-state index in [2.05, 4.69) is 11.8 Å². The molecular weight excluding hydrogens is 242 g/mol. The number of rotatable bonds is 8. The first-order valence-electron chi connectivity index (χ1n) is 7.72. The molecule has 0 heterocycles. The van der Waals surface area contributed by atoms with Crippen LogP contribution >= 0.6 is 11.8 Å². The van der Waals surface area contributed by atoms with Gasteiger partial charge in [0.1, 0.15) is 0 Å². The van der Waals surface area contributed by atoms with Crippen molar-refractivity contribution < 1.29 is 4.79 Å².